The Labute approximate surface area is 214 Å². The fourth-order valence-electron chi connectivity index (χ4n) is 3.40. The highest BCUT2D eigenvalue weighted by molar-refractivity contribution is 8.14. The molecule has 2 aliphatic heterocycles. The molecule has 12 nitrogen and oxygen atoms in total. The van der Waals surface area contributed by atoms with Crippen molar-refractivity contribution in [1.29, 1.82) is 0 Å². The zero-order chi connectivity index (χ0) is 26.4. The van der Waals surface area contributed by atoms with Crippen LogP contribution in [0.2, 0.25) is 0 Å². The van der Waals surface area contributed by atoms with Gasteiger partial charge in [-0.3, -0.25) is 29.3 Å². The molecule has 3 heterocycles. The summed E-state index contributed by atoms with van der Waals surface area (Å²) in [4.78, 5) is 64.6. The van der Waals surface area contributed by atoms with Crippen LogP contribution in [0.3, 0.4) is 0 Å². The van der Waals surface area contributed by atoms with Crippen LogP contribution in [0.25, 0.3) is 6.08 Å². The molecule has 1 aromatic rings. The number of aliphatic imine (C=N–C) groups is 1. The highest BCUT2D eigenvalue weighted by Gasteiger charge is 2.53. The fourth-order valence-corrected chi connectivity index (χ4v) is 5.12. The molecule has 0 radical (unpaired) electrons. The SMILES string of the molecule is CC(=O)OC[C@@H]1O[C@@H](SC2=N/C(=C\c3cccs3)C(=O)N2)[C@@H](OC(C)=O)[C@@H](OC(C)=O)[C@H]1OC(C)=O. The van der Waals surface area contributed by atoms with E-state index in [1.54, 1.807) is 6.08 Å². The zero-order valence-corrected chi connectivity index (χ0v) is 21.4. The first kappa shape index (κ1) is 27.4. The summed E-state index contributed by atoms with van der Waals surface area (Å²) in [6.07, 6.45) is -3.31. The monoisotopic (exact) mass is 540 g/mol. The average Bonchev–Trinajstić information content (AvgIpc) is 3.40. The third-order valence-corrected chi connectivity index (χ3v) is 6.52. The number of hydrogen-bond donors (Lipinski definition) is 1. The Kier molecular flexibility index (Phi) is 9.23. The number of rotatable bonds is 7. The molecule has 1 saturated heterocycles. The van der Waals surface area contributed by atoms with E-state index in [1.165, 1.54) is 18.3 Å². The molecular weight excluding hydrogens is 516 g/mol. The van der Waals surface area contributed by atoms with Crippen molar-refractivity contribution >= 4 is 64.1 Å². The van der Waals surface area contributed by atoms with Gasteiger partial charge in [0.2, 0.25) is 0 Å². The smallest absolute Gasteiger partial charge is 0.303 e. The van der Waals surface area contributed by atoms with E-state index in [9.17, 15) is 24.0 Å². The number of thiophene rings is 1. The molecule has 194 valence electrons. The molecule has 3 rings (SSSR count). The van der Waals surface area contributed by atoms with Gasteiger partial charge >= 0.3 is 23.9 Å². The zero-order valence-electron chi connectivity index (χ0n) is 19.7. The number of nitrogens with zero attached hydrogens (tertiary/aromatic N) is 1. The molecule has 36 heavy (non-hydrogen) atoms. The van der Waals surface area contributed by atoms with Gasteiger partial charge < -0.3 is 23.7 Å². The van der Waals surface area contributed by atoms with Gasteiger partial charge in [0.1, 0.15) is 18.4 Å². The molecule has 1 N–H and O–H groups in total. The van der Waals surface area contributed by atoms with E-state index in [-0.39, 0.29) is 17.5 Å². The number of hydrogen-bond acceptors (Lipinski definition) is 13. The third kappa shape index (κ3) is 7.38. The summed E-state index contributed by atoms with van der Waals surface area (Å²) in [7, 11) is 0. The Morgan fingerprint density at radius 2 is 1.67 bits per heavy atom. The van der Waals surface area contributed by atoms with Gasteiger partial charge in [-0.1, -0.05) is 17.8 Å². The maximum absolute atomic E-state index is 12.4. The topological polar surface area (TPSA) is 156 Å². The first-order valence-electron chi connectivity index (χ1n) is 10.7. The number of amides is 1. The van der Waals surface area contributed by atoms with E-state index in [0.29, 0.717) is 0 Å². The number of esters is 4. The van der Waals surface area contributed by atoms with Gasteiger partial charge in [0, 0.05) is 32.6 Å². The summed E-state index contributed by atoms with van der Waals surface area (Å²) in [6.45, 7) is 4.26. The summed E-state index contributed by atoms with van der Waals surface area (Å²) in [6, 6.07) is 3.66. The number of nitrogens with one attached hydrogen (secondary N) is 1. The molecule has 0 saturated carbocycles. The first-order valence-corrected chi connectivity index (χ1v) is 12.4. The Morgan fingerprint density at radius 3 is 2.25 bits per heavy atom. The van der Waals surface area contributed by atoms with Gasteiger partial charge in [-0.05, 0) is 17.5 Å². The predicted octanol–water partition coefficient (Wildman–Crippen LogP) is 1.39. The van der Waals surface area contributed by atoms with Crippen LogP contribution in [-0.2, 0) is 47.7 Å². The number of amidine groups is 1. The van der Waals surface area contributed by atoms with Gasteiger partial charge in [0.15, 0.2) is 28.9 Å². The lowest BCUT2D eigenvalue weighted by atomic mass is 9.99. The van der Waals surface area contributed by atoms with E-state index < -0.39 is 59.6 Å². The van der Waals surface area contributed by atoms with Crippen LogP contribution in [0, 0.1) is 0 Å². The summed E-state index contributed by atoms with van der Waals surface area (Å²) >= 11 is 2.33. The molecule has 0 unspecified atom stereocenters. The molecular formula is C22H24N2O10S2. The molecule has 2 aliphatic rings. The van der Waals surface area contributed by atoms with Crippen LogP contribution in [0.4, 0.5) is 0 Å². The summed E-state index contributed by atoms with van der Waals surface area (Å²) in [5.41, 5.74) is -0.934. The number of thioether (sulfide) groups is 1. The van der Waals surface area contributed by atoms with Crippen molar-refractivity contribution in [3.05, 3.63) is 28.1 Å². The van der Waals surface area contributed by atoms with Gasteiger partial charge in [-0.15, -0.1) is 11.3 Å². The second kappa shape index (κ2) is 12.1. The minimum absolute atomic E-state index is 0.142. The Morgan fingerprint density at radius 1 is 1.03 bits per heavy atom. The molecule has 1 fully saturated rings. The fraction of sp³-hybridized carbons (Fsp3) is 0.455. The van der Waals surface area contributed by atoms with E-state index in [0.717, 1.165) is 37.4 Å². The highest BCUT2D eigenvalue weighted by atomic mass is 32.2. The van der Waals surface area contributed by atoms with Crippen LogP contribution in [-0.4, -0.2) is 71.4 Å². The third-order valence-electron chi connectivity index (χ3n) is 4.67. The lowest BCUT2D eigenvalue weighted by Crippen LogP contribution is -2.61. The van der Waals surface area contributed by atoms with Gasteiger partial charge in [0.05, 0.1) is 0 Å². The number of ether oxygens (including phenoxy) is 5. The first-order chi connectivity index (χ1) is 17.0. The second-order valence-electron chi connectivity index (χ2n) is 7.60. The molecule has 0 bridgehead atoms. The van der Waals surface area contributed by atoms with Crippen LogP contribution in [0.5, 0.6) is 0 Å². The maximum Gasteiger partial charge on any atom is 0.303 e. The van der Waals surface area contributed by atoms with E-state index in [4.69, 9.17) is 23.7 Å². The highest BCUT2D eigenvalue weighted by Crippen LogP contribution is 2.35. The summed E-state index contributed by atoms with van der Waals surface area (Å²) in [5.74, 6) is -3.25. The molecule has 0 aromatic carbocycles. The van der Waals surface area contributed by atoms with Crippen LogP contribution in [0.15, 0.2) is 28.2 Å². The average molecular weight is 541 g/mol. The minimum atomic E-state index is -1.30. The van der Waals surface area contributed by atoms with Crippen molar-refractivity contribution in [2.24, 2.45) is 4.99 Å². The van der Waals surface area contributed by atoms with Crippen molar-refractivity contribution in [2.75, 3.05) is 6.61 Å². The molecule has 14 heteroatoms. The van der Waals surface area contributed by atoms with Crippen LogP contribution < -0.4 is 5.32 Å². The van der Waals surface area contributed by atoms with Gasteiger partial charge in [0.25, 0.3) is 5.91 Å². The van der Waals surface area contributed by atoms with Crippen molar-refractivity contribution in [3.8, 4) is 0 Å². The Bertz CT molecular complexity index is 1080. The normalized spacial score (nSPS) is 26.6. The van der Waals surface area contributed by atoms with Crippen molar-refractivity contribution in [3.63, 3.8) is 0 Å². The Balaban J connectivity index is 1.94. The van der Waals surface area contributed by atoms with Crippen molar-refractivity contribution in [1.82, 2.24) is 5.32 Å². The predicted molar refractivity (Wildman–Crippen MR) is 127 cm³/mol. The van der Waals surface area contributed by atoms with Gasteiger partial charge in [-0.25, -0.2) is 4.99 Å². The van der Waals surface area contributed by atoms with Crippen molar-refractivity contribution < 1.29 is 47.7 Å². The lowest BCUT2D eigenvalue weighted by Gasteiger charge is -2.44. The van der Waals surface area contributed by atoms with E-state index in [2.05, 4.69) is 10.3 Å². The maximum atomic E-state index is 12.4. The molecule has 0 spiro atoms. The second-order valence-corrected chi connectivity index (χ2v) is 9.67. The van der Waals surface area contributed by atoms with Gasteiger partial charge in [-0.2, -0.15) is 0 Å². The van der Waals surface area contributed by atoms with Crippen LogP contribution in [0.1, 0.15) is 32.6 Å². The molecule has 1 aromatic heterocycles. The Hall–Kier alpha value is -3.23. The van der Waals surface area contributed by atoms with E-state index >= 15 is 0 Å². The molecule has 0 aliphatic carbocycles. The largest absolute Gasteiger partial charge is 0.463 e. The number of carbonyl (C=O) groups excluding carboxylic acids is 5. The number of carbonyl (C=O) groups is 5. The minimum Gasteiger partial charge on any atom is -0.463 e. The summed E-state index contributed by atoms with van der Waals surface area (Å²) < 4.78 is 27.2. The summed E-state index contributed by atoms with van der Waals surface area (Å²) in [5, 5.41) is 4.61. The molecule has 1 amide bonds. The quantitative estimate of drug-likeness (QED) is 0.303. The standard InChI is InChI=1S/C22H24N2O10S2/c1-10(25)30-9-16-17(31-11(2)26)18(32-12(3)27)19(33-13(4)28)21(34-16)36-22-23-15(20(29)24-22)8-14-6-5-7-35-14/h5-8,16-19,21H,9H2,1-4H3,(H,23,24,29)/b15-8-/t16-,17-,18-,19-,21-/m0/s1. The van der Waals surface area contributed by atoms with E-state index in [1.807, 2.05) is 17.5 Å². The molecule has 5 atom stereocenters. The van der Waals surface area contributed by atoms with Crippen LogP contribution >= 0.6 is 23.1 Å². The van der Waals surface area contributed by atoms with Crippen molar-refractivity contribution in [2.45, 2.75) is 57.5 Å². The lowest BCUT2D eigenvalue weighted by molar-refractivity contribution is -0.237.